The van der Waals surface area contributed by atoms with Gasteiger partial charge < -0.3 is 23.0 Å². The van der Waals surface area contributed by atoms with E-state index in [9.17, 15) is 0 Å². The average Bonchev–Trinajstić information content (AvgIpc) is 3.23. The van der Waals surface area contributed by atoms with E-state index in [1.54, 1.807) is 14.2 Å². The lowest BCUT2D eigenvalue weighted by Gasteiger charge is -2.46. The van der Waals surface area contributed by atoms with Gasteiger partial charge in [0.2, 0.25) is 0 Å². The summed E-state index contributed by atoms with van der Waals surface area (Å²) in [6, 6.07) is 7.98. The van der Waals surface area contributed by atoms with E-state index in [4.69, 9.17) is 36.6 Å². The lowest BCUT2D eigenvalue weighted by atomic mass is 9.78. The fourth-order valence-electron chi connectivity index (χ4n) is 4.58. The number of methoxy groups -OCH3 is 2. The Hall–Kier alpha value is -1.66. The van der Waals surface area contributed by atoms with E-state index < -0.39 is 28.4 Å². The Balaban J connectivity index is 1.98. The van der Waals surface area contributed by atoms with Crippen molar-refractivity contribution in [2.24, 2.45) is 5.41 Å². The summed E-state index contributed by atoms with van der Waals surface area (Å²) in [5.74, 6) is 2.68. The van der Waals surface area contributed by atoms with Crippen molar-refractivity contribution in [1.82, 2.24) is 0 Å². The van der Waals surface area contributed by atoms with Gasteiger partial charge >= 0.3 is 17.2 Å². The first-order valence-corrected chi connectivity index (χ1v) is 16.9. The van der Waals surface area contributed by atoms with Gasteiger partial charge in [-0.05, 0) is 62.8 Å². The molecule has 2 aliphatic heterocycles. The monoisotopic (exact) mass is 636 g/mol. The maximum absolute atomic E-state index is 6.80. The van der Waals surface area contributed by atoms with Gasteiger partial charge in [-0.15, -0.1) is 0 Å². The Morgan fingerprint density at radius 2 is 1.05 bits per heavy atom. The SMILES string of the molecule is COc1cc(-c2cc(OC)cc(C(C)(C)C)c2OP2OCC(C)(C)C(C)(C)O2)c(OP2OCC(C)(C)O2)c(C(C)(C)C)c1. The molecule has 0 spiro atoms. The Morgan fingerprint density at radius 1 is 0.628 bits per heavy atom. The molecule has 0 bridgehead atoms. The predicted octanol–water partition coefficient (Wildman–Crippen LogP) is 9.85. The number of ether oxygens (including phenoxy) is 2. The molecule has 2 aromatic rings. The standard InChI is InChI=1S/C33H50O8P2/c1-29(2,3)25-17-21(34-13)15-23(27(25)38-42-37-20-32(9,10)40-42)24-16-22(35-14)18-26(30(4,5)6)28(24)39-43-36-19-31(7,8)33(11,12)41-43/h15-18H,19-20H2,1-14H3. The van der Waals surface area contributed by atoms with E-state index in [1.807, 2.05) is 38.1 Å². The molecule has 0 saturated carbocycles. The zero-order valence-electron chi connectivity index (χ0n) is 28.4. The van der Waals surface area contributed by atoms with Crippen LogP contribution in [-0.4, -0.2) is 38.6 Å². The number of hydrogen-bond acceptors (Lipinski definition) is 8. The van der Waals surface area contributed by atoms with Gasteiger partial charge in [-0.1, -0.05) is 55.4 Å². The Kier molecular flexibility index (Phi) is 9.49. The second-order valence-electron chi connectivity index (χ2n) is 15.1. The second kappa shape index (κ2) is 11.9. The van der Waals surface area contributed by atoms with Crippen molar-refractivity contribution < 1.29 is 36.6 Å². The third-order valence-electron chi connectivity index (χ3n) is 8.14. The molecule has 4 rings (SSSR count). The fourth-order valence-corrected chi connectivity index (χ4v) is 7.47. The summed E-state index contributed by atoms with van der Waals surface area (Å²) >= 11 is 0. The van der Waals surface area contributed by atoms with E-state index in [0.29, 0.717) is 36.2 Å². The molecule has 2 heterocycles. The number of rotatable bonds is 7. The largest absolute Gasteiger partial charge is 0.497 e. The summed E-state index contributed by atoms with van der Waals surface area (Å²) in [5.41, 5.74) is 1.75. The quantitative estimate of drug-likeness (QED) is 0.278. The van der Waals surface area contributed by atoms with Gasteiger partial charge in [0.15, 0.2) is 0 Å². The molecule has 0 aromatic heterocycles. The van der Waals surface area contributed by atoms with Crippen LogP contribution in [0.15, 0.2) is 24.3 Å². The van der Waals surface area contributed by atoms with Crippen LogP contribution >= 0.6 is 17.2 Å². The van der Waals surface area contributed by atoms with Gasteiger partial charge in [-0.2, -0.15) is 0 Å². The van der Waals surface area contributed by atoms with Crippen molar-refractivity contribution >= 4 is 17.2 Å². The molecule has 2 aromatic carbocycles. The minimum Gasteiger partial charge on any atom is -0.497 e. The second-order valence-corrected chi connectivity index (χ2v) is 17.3. The van der Waals surface area contributed by atoms with Crippen LogP contribution in [0.2, 0.25) is 0 Å². The smallest absolute Gasteiger partial charge is 0.397 e. The first-order chi connectivity index (χ1) is 19.7. The summed E-state index contributed by atoms with van der Waals surface area (Å²) in [7, 11) is -0.0172. The van der Waals surface area contributed by atoms with E-state index in [-0.39, 0.29) is 16.2 Å². The van der Waals surface area contributed by atoms with Gasteiger partial charge in [-0.25, -0.2) is 0 Å². The molecule has 0 radical (unpaired) electrons. The van der Waals surface area contributed by atoms with Crippen LogP contribution in [0, 0.1) is 5.41 Å². The van der Waals surface area contributed by atoms with Crippen LogP contribution < -0.4 is 18.5 Å². The third-order valence-corrected chi connectivity index (χ3v) is 10.7. The molecular weight excluding hydrogens is 586 g/mol. The molecule has 8 nitrogen and oxygen atoms in total. The van der Waals surface area contributed by atoms with Crippen molar-refractivity contribution in [1.29, 1.82) is 0 Å². The summed E-state index contributed by atoms with van der Waals surface area (Å²) < 4.78 is 50.0. The number of hydrogen-bond donors (Lipinski definition) is 0. The normalized spacial score (nSPS) is 23.1. The Bertz CT molecular complexity index is 1320. The molecule has 0 N–H and O–H groups in total. The highest BCUT2D eigenvalue weighted by Crippen LogP contribution is 2.60. The maximum Gasteiger partial charge on any atom is 0.397 e. The molecule has 2 atom stereocenters. The zero-order chi connectivity index (χ0) is 32.2. The van der Waals surface area contributed by atoms with Crippen molar-refractivity contribution in [3.05, 3.63) is 35.4 Å². The molecule has 2 aliphatic rings. The van der Waals surface area contributed by atoms with Crippen LogP contribution in [0.5, 0.6) is 23.0 Å². The summed E-state index contributed by atoms with van der Waals surface area (Å²) in [6.45, 7) is 26.3. The van der Waals surface area contributed by atoms with Crippen molar-refractivity contribution in [3.63, 3.8) is 0 Å². The zero-order valence-corrected chi connectivity index (χ0v) is 30.2. The molecule has 10 heteroatoms. The van der Waals surface area contributed by atoms with Crippen LogP contribution in [0.1, 0.15) is 94.2 Å². The van der Waals surface area contributed by atoms with Crippen LogP contribution in [0.25, 0.3) is 11.1 Å². The Morgan fingerprint density at radius 3 is 1.40 bits per heavy atom. The first-order valence-electron chi connectivity index (χ1n) is 14.7. The van der Waals surface area contributed by atoms with Gasteiger partial charge in [0.25, 0.3) is 0 Å². The van der Waals surface area contributed by atoms with Crippen LogP contribution in [0.4, 0.5) is 0 Å². The van der Waals surface area contributed by atoms with E-state index in [2.05, 4.69) is 69.2 Å². The van der Waals surface area contributed by atoms with Crippen molar-refractivity contribution in [3.8, 4) is 34.1 Å². The van der Waals surface area contributed by atoms with Crippen LogP contribution in [-0.2, 0) is 28.9 Å². The predicted molar refractivity (Wildman–Crippen MR) is 173 cm³/mol. The lowest BCUT2D eigenvalue weighted by molar-refractivity contribution is -0.0839. The number of benzene rings is 2. The van der Waals surface area contributed by atoms with Gasteiger partial charge in [0, 0.05) is 27.7 Å². The topological polar surface area (TPSA) is 73.8 Å². The van der Waals surface area contributed by atoms with Gasteiger partial charge in [0.1, 0.15) is 23.0 Å². The van der Waals surface area contributed by atoms with Crippen molar-refractivity contribution in [2.75, 3.05) is 27.4 Å². The fraction of sp³-hybridized carbons (Fsp3) is 0.636. The van der Waals surface area contributed by atoms with E-state index in [0.717, 1.165) is 22.3 Å². The summed E-state index contributed by atoms with van der Waals surface area (Å²) in [4.78, 5) is 0. The molecule has 2 saturated heterocycles. The first kappa shape index (κ1) is 34.2. The minimum absolute atomic E-state index is 0.183. The lowest BCUT2D eigenvalue weighted by Crippen LogP contribution is -2.47. The summed E-state index contributed by atoms with van der Waals surface area (Å²) in [6.07, 6.45) is 0. The highest BCUT2D eigenvalue weighted by atomic mass is 31.2. The minimum atomic E-state index is -1.71. The molecule has 0 aliphatic carbocycles. The highest BCUT2D eigenvalue weighted by Gasteiger charge is 2.47. The maximum atomic E-state index is 6.80. The molecule has 43 heavy (non-hydrogen) atoms. The molecule has 240 valence electrons. The molecule has 2 fully saturated rings. The molecular formula is C33H50O8P2. The highest BCUT2D eigenvalue weighted by molar-refractivity contribution is 7.42. The molecule has 0 amide bonds. The summed E-state index contributed by atoms with van der Waals surface area (Å²) in [5, 5.41) is 0. The van der Waals surface area contributed by atoms with E-state index in [1.165, 1.54) is 0 Å². The Labute approximate surface area is 261 Å². The third kappa shape index (κ3) is 7.43. The van der Waals surface area contributed by atoms with Crippen LogP contribution in [0.3, 0.4) is 0 Å². The molecule has 2 unspecified atom stereocenters. The average molecular weight is 637 g/mol. The van der Waals surface area contributed by atoms with E-state index >= 15 is 0 Å². The van der Waals surface area contributed by atoms with Crippen molar-refractivity contribution in [2.45, 2.75) is 105 Å². The van der Waals surface area contributed by atoms with Gasteiger partial charge in [-0.3, -0.25) is 13.6 Å². The van der Waals surface area contributed by atoms with Gasteiger partial charge in [0.05, 0.1) is 38.6 Å².